The maximum absolute atomic E-state index is 14.9. The molecular weight excluding hydrogens is 873 g/mol. The molecule has 1 aliphatic heterocycles. The number of carbonyl (C=O) groups is 2. The molecule has 2 aliphatic carbocycles. The fourth-order valence-corrected chi connectivity index (χ4v) is 9.54. The molecule has 3 aromatic rings. The first-order chi connectivity index (χ1) is 32.8. The van der Waals surface area contributed by atoms with E-state index >= 15 is 0 Å². The van der Waals surface area contributed by atoms with Crippen LogP contribution in [0.4, 0.5) is 10.5 Å². The van der Waals surface area contributed by atoms with E-state index in [0.29, 0.717) is 48.5 Å². The number of aliphatic hydroxyl groups excluding tert-OH is 3. The van der Waals surface area contributed by atoms with Crippen molar-refractivity contribution in [2.45, 2.75) is 95.6 Å². The number of nitro groups is 1. The average molecular weight is 939 g/mol. The van der Waals surface area contributed by atoms with Crippen molar-refractivity contribution in [3.05, 3.63) is 130 Å². The number of unbranched alkanes of at least 4 members (excludes halogenated alkanes) is 2. The number of aliphatic hydroxyl groups is 3. The molecule has 6 atom stereocenters. The Bertz CT molecular complexity index is 2260. The van der Waals surface area contributed by atoms with Crippen LogP contribution in [0, 0.1) is 27.9 Å². The van der Waals surface area contributed by atoms with Gasteiger partial charge in [0.1, 0.15) is 23.1 Å². The summed E-state index contributed by atoms with van der Waals surface area (Å²) in [4.78, 5) is 47.0. The van der Waals surface area contributed by atoms with E-state index in [2.05, 4.69) is 18.0 Å². The molecule has 2 amide bonds. The number of oxime groups is 1. The van der Waals surface area contributed by atoms with E-state index in [1.54, 1.807) is 41.3 Å². The number of ether oxygens (including phenoxy) is 4. The number of nitrogens with zero attached hydrogens (tertiary/aromatic N) is 3. The number of carbonyl (C=O) groups excluding carboxylic acids is 2. The van der Waals surface area contributed by atoms with E-state index in [4.69, 9.17) is 28.9 Å². The highest BCUT2D eigenvalue weighted by Gasteiger charge is 2.65. The number of non-ortho nitro benzene ring substituents is 1. The maximum Gasteiger partial charge on any atom is 0.412 e. The van der Waals surface area contributed by atoms with Crippen molar-refractivity contribution in [1.82, 2.24) is 10.2 Å². The van der Waals surface area contributed by atoms with Crippen molar-refractivity contribution in [2.24, 2.45) is 22.9 Å². The van der Waals surface area contributed by atoms with Gasteiger partial charge < -0.3 is 49.3 Å². The highest BCUT2D eigenvalue weighted by atomic mass is 16.7. The Hall–Kier alpha value is -5.91. The van der Waals surface area contributed by atoms with Crippen LogP contribution < -0.4 is 14.8 Å². The predicted molar refractivity (Wildman–Crippen MR) is 257 cm³/mol. The van der Waals surface area contributed by atoms with E-state index in [1.807, 2.05) is 57.2 Å². The van der Waals surface area contributed by atoms with Crippen molar-refractivity contribution in [3.63, 3.8) is 0 Å². The molecule has 0 bridgehead atoms. The molecule has 3 aliphatic rings. The van der Waals surface area contributed by atoms with Gasteiger partial charge in [-0.05, 0) is 111 Å². The summed E-state index contributed by atoms with van der Waals surface area (Å²) in [6.07, 6.45) is 10.4. The minimum atomic E-state index is -1.59. The van der Waals surface area contributed by atoms with Crippen LogP contribution in [0.3, 0.4) is 0 Å². The fourth-order valence-electron chi connectivity index (χ4n) is 9.54. The lowest BCUT2D eigenvalue weighted by Gasteiger charge is -2.60. The minimum absolute atomic E-state index is 0.0189. The predicted octanol–water partition coefficient (Wildman–Crippen LogP) is 7.87. The quantitative estimate of drug-likeness (QED) is 0.0222. The van der Waals surface area contributed by atoms with Crippen LogP contribution in [0.25, 0.3) is 6.08 Å². The first kappa shape index (κ1) is 51.5. The Morgan fingerprint density at radius 2 is 1.72 bits per heavy atom. The Kier molecular flexibility index (Phi) is 18.5. The van der Waals surface area contributed by atoms with Crippen LogP contribution in [0.15, 0.2) is 108 Å². The minimum Gasteiger partial charge on any atom is -0.459 e. The Morgan fingerprint density at radius 3 is 2.40 bits per heavy atom. The molecule has 0 aromatic heterocycles. The number of nitrogens with one attached hydrogen (secondary N) is 1. The van der Waals surface area contributed by atoms with Crippen molar-refractivity contribution >= 4 is 29.5 Å². The van der Waals surface area contributed by atoms with Gasteiger partial charge in [-0.25, -0.2) is 4.79 Å². The molecule has 0 saturated heterocycles. The van der Waals surface area contributed by atoms with Crippen LogP contribution in [0.5, 0.6) is 11.5 Å². The van der Waals surface area contributed by atoms with Crippen molar-refractivity contribution in [1.29, 1.82) is 0 Å². The summed E-state index contributed by atoms with van der Waals surface area (Å²) in [5, 5.41) is 48.7. The lowest BCUT2D eigenvalue weighted by atomic mass is 9.55. The number of benzene rings is 3. The van der Waals surface area contributed by atoms with Crippen LogP contribution in [0.2, 0.25) is 0 Å². The number of allylic oxidation sites excluding steroid dienone is 1. The average Bonchev–Trinajstić information content (AvgIpc) is 3.32. The zero-order valence-electron chi connectivity index (χ0n) is 39.3. The molecule has 366 valence electrons. The smallest absolute Gasteiger partial charge is 0.412 e. The monoisotopic (exact) mass is 938 g/mol. The summed E-state index contributed by atoms with van der Waals surface area (Å²) >= 11 is 0. The Balaban J connectivity index is 1.54. The lowest BCUT2D eigenvalue weighted by Crippen LogP contribution is -2.70. The summed E-state index contributed by atoms with van der Waals surface area (Å²) in [7, 11) is 0. The van der Waals surface area contributed by atoms with Gasteiger partial charge >= 0.3 is 6.09 Å². The molecule has 16 heteroatoms. The molecule has 68 heavy (non-hydrogen) atoms. The number of rotatable bonds is 24. The third-order valence-corrected chi connectivity index (χ3v) is 12.5. The van der Waals surface area contributed by atoms with E-state index < -0.39 is 46.2 Å². The van der Waals surface area contributed by atoms with E-state index in [9.17, 15) is 35.0 Å². The molecule has 6 rings (SSSR count). The van der Waals surface area contributed by atoms with Gasteiger partial charge in [0.25, 0.3) is 5.69 Å². The number of hydrogen-bond acceptors (Lipinski definition) is 13. The largest absolute Gasteiger partial charge is 0.459 e. The van der Waals surface area contributed by atoms with Gasteiger partial charge in [-0.1, -0.05) is 60.5 Å². The molecule has 16 nitrogen and oxygen atoms in total. The molecule has 0 unspecified atom stereocenters. The second kappa shape index (κ2) is 24.4. The van der Waals surface area contributed by atoms with Gasteiger partial charge in [0.2, 0.25) is 11.7 Å². The summed E-state index contributed by atoms with van der Waals surface area (Å²) in [5.41, 5.74) is 2.89. The third kappa shape index (κ3) is 13.0. The molecule has 1 heterocycles. The highest BCUT2D eigenvalue weighted by Crippen LogP contribution is 2.62. The molecular formula is C52H66N4O12. The van der Waals surface area contributed by atoms with Crippen molar-refractivity contribution in [3.8, 4) is 11.5 Å². The second-order valence-corrected chi connectivity index (χ2v) is 18.3. The topological polar surface area (TPSA) is 212 Å². The summed E-state index contributed by atoms with van der Waals surface area (Å²) in [6, 6.07) is 19.8. The van der Waals surface area contributed by atoms with Crippen LogP contribution >= 0.6 is 0 Å². The van der Waals surface area contributed by atoms with Crippen LogP contribution in [-0.2, 0) is 25.7 Å². The van der Waals surface area contributed by atoms with E-state index in [0.717, 1.165) is 29.5 Å². The van der Waals surface area contributed by atoms with Gasteiger partial charge in [-0.2, -0.15) is 0 Å². The van der Waals surface area contributed by atoms with Crippen LogP contribution in [0.1, 0.15) is 88.3 Å². The maximum atomic E-state index is 14.9. The van der Waals surface area contributed by atoms with Gasteiger partial charge in [-0.3, -0.25) is 14.9 Å². The van der Waals surface area contributed by atoms with Gasteiger partial charge in [-0.15, -0.1) is 6.58 Å². The molecule has 1 fully saturated rings. The first-order valence-corrected chi connectivity index (χ1v) is 23.5. The van der Waals surface area contributed by atoms with Crippen molar-refractivity contribution < 1.29 is 53.6 Å². The standard InChI is InChI=1S/C52H66N4O12/c1-5-29-65-52-46(55(25-30-64-31-28-59)47(60)24-19-36-17-20-39(21-18-36)56(62)63)34-44(54-68-51(2,3)4)42-32-38(15-9-11-26-57)41(16-10-12-27-58)48(49(42)52)43-33-40(22-23-45(43)67-52)66-50(61)53-35-37-13-7-6-8-14-37/h5-8,13-14,17-24,32-33,38,41,46,48-49,57-59H,1,9-12,15-16,25-31,34-35H2,2-4H3,(H,53,61)/t38-,41+,46-,48+,49+,52+/m0/s1. The number of amides is 2. The summed E-state index contributed by atoms with van der Waals surface area (Å²) in [6.45, 7) is 9.98. The number of nitro benzene ring substituents is 1. The number of fused-ring (bicyclic) bond motifs is 2. The summed E-state index contributed by atoms with van der Waals surface area (Å²) in [5.74, 6) is -2.41. The molecule has 4 N–H and O–H groups in total. The lowest BCUT2D eigenvalue weighted by molar-refractivity contribution is -0.384. The zero-order chi connectivity index (χ0) is 48.7. The zero-order valence-corrected chi connectivity index (χ0v) is 39.3. The first-order valence-electron chi connectivity index (χ1n) is 23.5. The Labute approximate surface area is 398 Å². The van der Waals surface area contributed by atoms with Crippen molar-refractivity contribution in [2.75, 3.05) is 46.2 Å². The summed E-state index contributed by atoms with van der Waals surface area (Å²) < 4.78 is 26.1. The Morgan fingerprint density at radius 1 is 0.985 bits per heavy atom. The molecule has 3 aromatic carbocycles. The molecule has 0 spiro atoms. The van der Waals surface area contributed by atoms with Gasteiger partial charge in [0.15, 0.2) is 0 Å². The van der Waals surface area contributed by atoms with Crippen LogP contribution in [-0.4, -0.2) is 106 Å². The highest BCUT2D eigenvalue weighted by molar-refractivity contribution is 6.03. The second-order valence-electron chi connectivity index (χ2n) is 18.3. The van der Waals surface area contributed by atoms with E-state index in [-0.39, 0.29) is 76.7 Å². The number of hydrogen-bond donors (Lipinski definition) is 4. The van der Waals surface area contributed by atoms with Gasteiger partial charge in [0, 0.05) is 62.4 Å². The fraction of sp³-hybridized carbons (Fsp3) is 0.481. The van der Waals surface area contributed by atoms with E-state index in [1.165, 1.54) is 18.2 Å². The molecule has 0 radical (unpaired) electrons. The molecule has 1 saturated carbocycles. The third-order valence-electron chi connectivity index (χ3n) is 12.5. The SMILES string of the molecule is C=CCO[C@@]12Oc3ccc(OC(=O)NCc4ccccc4)cc3[C@H]3[C@H](CCCCO)[C@@H](CCCCO)C=C(C(=NOC(C)(C)C)C[C@@H]1N(CCOCCO)C(=O)C=Cc1ccc([N+](=O)[O-])cc1)[C@H]32. The van der Waals surface area contributed by atoms with Gasteiger partial charge in [0.05, 0.1) is 43.0 Å². The normalized spacial score (nSPS) is 22.4.